The van der Waals surface area contributed by atoms with Gasteiger partial charge in [-0.25, -0.2) is 8.78 Å². The van der Waals surface area contributed by atoms with Crippen LogP contribution in [0.5, 0.6) is 0 Å². The van der Waals surface area contributed by atoms with E-state index in [1.54, 1.807) is 0 Å². The highest BCUT2D eigenvalue weighted by Gasteiger charge is 2.18. The van der Waals surface area contributed by atoms with Crippen molar-refractivity contribution in [1.82, 2.24) is 0 Å². The van der Waals surface area contributed by atoms with Crippen LogP contribution in [-0.2, 0) is 0 Å². The van der Waals surface area contributed by atoms with Gasteiger partial charge in [-0.05, 0) is 59.1 Å². The summed E-state index contributed by atoms with van der Waals surface area (Å²) >= 11 is 3.34. The highest BCUT2D eigenvalue weighted by atomic mass is 79.9. The standard InChI is InChI=1S/C15H13BrF2N2O/c1-7-3-8(2)14(11(16)4-7)20-15(21)10-5-9(17)6-12(19)13(10)18/h3-6H,19H2,1-2H3,(H,20,21). The average Bonchev–Trinajstić information content (AvgIpc) is 2.37. The van der Waals surface area contributed by atoms with Crippen LogP contribution < -0.4 is 11.1 Å². The van der Waals surface area contributed by atoms with Crippen molar-refractivity contribution in [3.05, 3.63) is 57.1 Å². The molecule has 0 aliphatic heterocycles. The predicted octanol–water partition coefficient (Wildman–Crippen LogP) is 4.18. The number of nitrogens with two attached hydrogens (primary N) is 1. The molecule has 110 valence electrons. The second kappa shape index (κ2) is 5.81. The van der Waals surface area contributed by atoms with E-state index in [4.69, 9.17) is 5.73 Å². The molecule has 0 radical (unpaired) electrons. The highest BCUT2D eigenvalue weighted by molar-refractivity contribution is 9.10. The summed E-state index contributed by atoms with van der Waals surface area (Å²) in [5.41, 5.74) is 6.82. The Kier molecular flexibility index (Phi) is 4.27. The van der Waals surface area contributed by atoms with E-state index in [1.165, 1.54) is 0 Å². The molecule has 2 aromatic rings. The van der Waals surface area contributed by atoms with Crippen LogP contribution in [0.25, 0.3) is 0 Å². The van der Waals surface area contributed by atoms with Gasteiger partial charge < -0.3 is 11.1 Å². The molecule has 0 aromatic heterocycles. The van der Waals surface area contributed by atoms with Crippen LogP contribution in [0.2, 0.25) is 0 Å². The zero-order chi connectivity index (χ0) is 15.7. The Morgan fingerprint density at radius 3 is 2.48 bits per heavy atom. The second-order valence-electron chi connectivity index (χ2n) is 4.75. The number of carbonyl (C=O) groups excluding carboxylic acids is 1. The molecule has 0 atom stereocenters. The van der Waals surface area contributed by atoms with Gasteiger partial charge in [-0.3, -0.25) is 4.79 Å². The zero-order valence-electron chi connectivity index (χ0n) is 11.4. The zero-order valence-corrected chi connectivity index (χ0v) is 13.0. The van der Waals surface area contributed by atoms with Gasteiger partial charge in [0.2, 0.25) is 0 Å². The van der Waals surface area contributed by atoms with Gasteiger partial charge >= 0.3 is 0 Å². The van der Waals surface area contributed by atoms with E-state index in [0.29, 0.717) is 10.2 Å². The Morgan fingerprint density at radius 1 is 1.19 bits per heavy atom. The molecule has 0 heterocycles. The predicted molar refractivity (Wildman–Crippen MR) is 82.3 cm³/mol. The normalized spacial score (nSPS) is 10.5. The molecule has 2 aromatic carbocycles. The maximum Gasteiger partial charge on any atom is 0.258 e. The molecule has 3 nitrogen and oxygen atoms in total. The first-order chi connectivity index (χ1) is 9.79. The van der Waals surface area contributed by atoms with Crippen molar-refractivity contribution < 1.29 is 13.6 Å². The molecule has 3 N–H and O–H groups in total. The summed E-state index contributed by atoms with van der Waals surface area (Å²) < 4.78 is 27.8. The molecule has 0 spiro atoms. The van der Waals surface area contributed by atoms with E-state index in [2.05, 4.69) is 21.2 Å². The molecular weight excluding hydrogens is 342 g/mol. The number of carbonyl (C=O) groups is 1. The molecule has 6 heteroatoms. The fourth-order valence-electron chi connectivity index (χ4n) is 2.03. The third-order valence-corrected chi connectivity index (χ3v) is 3.61. The second-order valence-corrected chi connectivity index (χ2v) is 5.60. The van der Waals surface area contributed by atoms with Gasteiger partial charge in [0.15, 0.2) is 5.82 Å². The summed E-state index contributed by atoms with van der Waals surface area (Å²) in [5, 5.41) is 2.57. The Hall–Kier alpha value is -1.95. The lowest BCUT2D eigenvalue weighted by atomic mass is 10.1. The summed E-state index contributed by atoms with van der Waals surface area (Å²) in [4.78, 5) is 12.1. The molecule has 21 heavy (non-hydrogen) atoms. The van der Waals surface area contributed by atoms with Crippen molar-refractivity contribution >= 4 is 33.2 Å². The number of amides is 1. The molecular formula is C15H13BrF2N2O. The minimum absolute atomic E-state index is 0.403. The van der Waals surface area contributed by atoms with Crippen LogP contribution >= 0.6 is 15.9 Å². The number of aryl methyl sites for hydroxylation is 2. The monoisotopic (exact) mass is 354 g/mol. The molecule has 2 rings (SSSR count). The molecule has 0 aliphatic carbocycles. The largest absolute Gasteiger partial charge is 0.396 e. The number of halogens is 3. The molecule has 0 saturated heterocycles. The quantitative estimate of drug-likeness (QED) is 0.794. The summed E-state index contributed by atoms with van der Waals surface area (Å²) in [6, 6.07) is 5.34. The average molecular weight is 355 g/mol. The van der Waals surface area contributed by atoms with E-state index in [1.807, 2.05) is 26.0 Å². The van der Waals surface area contributed by atoms with Crippen LogP contribution in [-0.4, -0.2) is 5.91 Å². The van der Waals surface area contributed by atoms with E-state index < -0.39 is 28.8 Å². The van der Waals surface area contributed by atoms with Crippen molar-refractivity contribution in [3.63, 3.8) is 0 Å². The third-order valence-electron chi connectivity index (χ3n) is 2.98. The van der Waals surface area contributed by atoms with E-state index in [0.717, 1.165) is 23.3 Å². The summed E-state index contributed by atoms with van der Waals surface area (Å²) in [6.45, 7) is 3.72. The van der Waals surface area contributed by atoms with Crippen LogP contribution in [0.3, 0.4) is 0 Å². The van der Waals surface area contributed by atoms with Gasteiger partial charge in [-0.2, -0.15) is 0 Å². The topological polar surface area (TPSA) is 55.1 Å². The Morgan fingerprint density at radius 2 is 1.86 bits per heavy atom. The number of rotatable bonds is 2. The summed E-state index contributed by atoms with van der Waals surface area (Å²) in [7, 11) is 0. The van der Waals surface area contributed by atoms with Crippen LogP contribution in [0.15, 0.2) is 28.7 Å². The number of hydrogen-bond donors (Lipinski definition) is 2. The van der Waals surface area contributed by atoms with Crippen LogP contribution in [0.4, 0.5) is 20.2 Å². The third kappa shape index (κ3) is 3.21. The number of benzene rings is 2. The number of nitrogen functional groups attached to an aromatic ring is 1. The minimum Gasteiger partial charge on any atom is -0.396 e. The minimum atomic E-state index is -0.935. The molecule has 0 fully saturated rings. The van der Waals surface area contributed by atoms with Gasteiger partial charge in [0.1, 0.15) is 5.82 Å². The first-order valence-corrected chi connectivity index (χ1v) is 6.91. The van der Waals surface area contributed by atoms with Crippen molar-refractivity contribution in [2.24, 2.45) is 0 Å². The SMILES string of the molecule is Cc1cc(C)c(NC(=O)c2cc(F)cc(N)c2F)c(Br)c1. The number of nitrogens with one attached hydrogen (secondary N) is 1. The smallest absolute Gasteiger partial charge is 0.258 e. The van der Waals surface area contributed by atoms with Crippen molar-refractivity contribution in [2.75, 3.05) is 11.1 Å². The van der Waals surface area contributed by atoms with E-state index in [-0.39, 0.29) is 0 Å². The van der Waals surface area contributed by atoms with E-state index >= 15 is 0 Å². The molecule has 0 aliphatic rings. The van der Waals surface area contributed by atoms with E-state index in [9.17, 15) is 13.6 Å². The fraction of sp³-hybridized carbons (Fsp3) is 0.133. The summed E-state index contributed by atoms with van der Waals surface area (Å²) in [5.74, 6) is -2.46. The first-order valence-electron chi connectivity index (χ1n) is 6.12. The number of anilines is 2. The Bertz CT molecular complexity index is 709. The van der Waals surface area contributed by atoms with Crippen LogP contribution in [0.1, 0.15) is 21.5 Å². The van der Waals surface area contributed by atoms with Gasteiger partial charge in [0.05, 0.1) is 16.9 Å². The fourth-order valence-corrected chi connectivity index (χ4v) is 2.80. The lowest BCUT2D eigenvalue weighted by Crippen LogP contribution is -2.16. The molecule has 0 bridgehead atoms. The molecule has 1 amide bonds. The Balaban J connectivity index is 2.40. The lowest BCUT2D eigenvalue weighted by Gasteiger charge is -2.12. The first kappa shape index (κ1) is 15.4. The van der Waals surface area contributed by atoms with Crippen molar-refractivity contribution in [2.45, 2.75) is 13.8 Å². The molecule has 0 unspecified atom stereocenters. The lowest BCUT2D eigenvalue weighted by molar-refractivity contribution is 0.102. The van der Waals surface area contributed by atoms with Gasteiger partial charge in [0.25, 0.3) is 5.91 Å². The Labute approximate surface area is 129 Å². The molecule has 0 saturated carbocycles. The summed E-state index contributed by atoms with van der Waals surface area (Å²) in [6.07, 6.45) is 0. The van der Waals surface area contributed by atoms with Crippen LogP contribution in [0, 0.1) is 25.5 Å². The van der Waals surface area contributed by atoms with Gasteiger partial charge in [-0.1, -0.05) is 6.07 Å². The van der Waals surface area contributed by atoms with Gasteiger partial charge in [0, 0.05) is 4.47 Å². The maximum atomic E-state index is 13.8. The highest BCUT2D eigenvalue weighted by Crippen LogP contribution is 2.29. The maximum absolute atomic E-state index is 13.8. The van der Waals surface area contributed by atoms with Crippen molar-refractivity contribution in [3.8, 4) is 0 Å². The van der Waals surface area contributed by atoms with Crippen molar-refractivity contribution in [1.29, 1.82) is 0 Å². The number of hydrogen-bond acceptors (Lipinski definition) is 2. The van der Waals surface area contributed by atoms with Gasteiger partial charge in [-0.15, -0.1) is 0 Å².